The minimum absolute atomic E-state index is 0.0446. The van der Waals surface area contributed by atoms with Crippen LogP contribution in [0.15, 0.2) is 12.2 Å². The standard InChI is InChI=1S/C7H10O/c1-6-3-7(2,4-6)5-8/h5H,1,3-4H2,2H3. The molecule has 1 aliphatic carbocycles. The molecule has 44 valence electrons. The molecule has 0 aromatic heterocycles. The first-order valence-corrected chi connectivity index (χ1v) is 2.79. The van der Waals surface area contributed by atoms with E-state index in [1.54, 1.807) is 0 Å². The quantitative estimate of drug-likeness (QED) is 0.369. The van der Waals surface area contributed by atoms with Gasteiger partial charge in [0.25, 0.3) is 0 Å². The number of rotatable bonds is 1. The maximum atomic E-state index is 10.2. The highest BCUT2D eigenvalue weighted by molar-refractivity contribution is 5.63. The van der Waals surface area contributed by atoms with Crippen LogP contribution in [0.25, 0.3) is 0 Å². The Morgan fingerprint density at radius 2 is 2.25 bits per heavy atom. The van der Waals surface area contributed by atoms with E-state index in [1.807, 2.05) is 6.92 Å². The van der Waals surface area contributed by atoms with Crippen LogP contribution in [-0.2, 0) is 4.79 Å². The van der Waals surface area contributed by atoms with Crippen molar-refractivity contribution < 1.29 is 4.79 Å². The van der Waals surface area contributed by atoms with Crippen molar-refractivity contribution in [3.63, 3.8) is 0 Å². The molecule has 0 spiro atoms. The Morgan fingerprint density at radius 1 is 1.75 bits per heavy atom. The summed E-state index contributed by atoms with van der Waals surface area (Å²) in [6, 6.07) is 0. The first kappa shape index (κ1) is 5.54. The van der Waals surface area contributed by atoms with Crippen LogP contribution in [0.4, 0.5) is 0 Å². The molecule has 0 aromatic carbocycles. The van der Waals surface area contributed by atoms with Crippen molar-refractivity contribution in [2.24, 2.45) is 5.41 Å². The van der Waals surface area contributed by atoms with E-state index >= 15 is 0 Å². The van der Waals surface area contributed by atoms with E-state index < -0.39 is 0 Å². The van der Waals surface area contributed by atoms with Crippen LogP contribution in [-0.4, -0.2) is 6.29 Å². The van der Waals surface area contributed by atoms with E-state index in [0.29, 0.717) is 0 Å². The molecule has 0 amide bonds. The molecule has 0 aromatic rings. The molecule has 1 rings (SSSR count). The molecule has 1 aliphatic rings. The number of aldehydes is 1. The lowest BCUT2D eigenvalue weighted by Gasteiger charge is -2.34. The highest BCUT2D eigenvalue weighted by Crippen LogP contribution is 2.41. The maximum absolute atomic E-state index is 10.2. The fourth-order valence-corrected chi connectivity index (χ4v) is 1.17. The predicted molar refractivity (Wildman–Crippen MR) is 32.5 cm³/mol. The minimum atomic E-state index is -0.0446. The van der Waals surface area contributed by atoms with E-state index in [2.05, 4.69) is 6.58 Å². The van der Waals surface area contributed by atoms with Crippen LogP contribution in [0.3, 0.4) is 0 Å². The Kier molecular flexibility index (Phi) is 0.999. The number of carbonyl (C=O) groups is 1. The van der Waals surface area contributed by atoms with Gasteiger partial charge in [-0.3, -0.25) is 0 Å². The third-order valence-corrected chi connectivity index (χ3v) is 1.59. The summed E-state index contributed by atoms with van der Waals surface area (Å²) in [6.07, 6.45) is 2.83. The molecule has 0 bridgehead atoms. The first-order valence-electron chi connectivity index (χ1n) is 2.79. The third kappa shape index (κ3) is 0.683. The van der Waals surface area contributed by atoms with Gasteiger partial charge in [0.1, 0.15) is 6.29 Å². The SMILES string of the molecule is C=C1CC(C)(C=O)C1. The Bertz CT molecular complexity index is 127. The molecule has 0 aliphatic heterocycles. The molecule has 0 atom stereocenters. The summed E-state index contributed by atoms with van der Waals surface area (Å²) >= 11 is 0. The summed E-state index contributed by atoms with van der Waals surface area (Å²) in [5.74, 6) is 0. The van der Waals surface area contributed by atoms with E-state index in [0.717, 1.165) is 19.1 Å². The van der Waals surface area contributed by atoms with Crippen molar-refractivity contribution in [3.05, 3.63) is 12.2 Å². The van der Waals surface area contributed by atoms with Crippen molar-refractivity contribution in [2.75, 3.05) is 0 Å². The van der Waals surface area contributed by atoms with Gasteiger partial charge in [0, 0.05) is 5.41 Å². The monoisotopic (exact) mass is 110 g/mol. The molecule has 0 N–H and O–H groups in total. The smallest absolute Gasteiger partial charge is 0.126 e. The van der Waals surface area contributed by atoms with Gasteiger partial charge in [-0.2, -0.15) is 0 Å². The van der Waals surface area contributed by atoms with E-state index in [4.69, 9.17) is 0 Å². The zero-order valence-corrected chi connectivity index (χ0v) is 5.11. The zero-order valence-electron chi connectivity index (χ0n) is 5.11. The molecule has 0 heterocycles. The molecule has 1 nitrogen and oxygen atoms in total. The van der Waals surface area contributed by atoms with Gasteiger partial charge in [-0.1, -0.05) is 19.1 Å². The van der Waals surface area contributed by atoms with Crippen LogP contribution in [0.1, 0.15) is 19.8 Å². The third-order valence-electron chi connectivity index (χ3n) is 1.59. The number of hydrogen-bond donors (Lipinski definition) is 0. The normalized spacial score (nSPS) is 24.4. The minimum Gasteiger partial charge on any atom is -0.303 e. The number of allylic oxidation sites excluding steroid dienone is 1. The van der Waals surface area contributed by atoms with Crippen molar-refractivity contribution in [1.82, 2.24) is 0 Å². The van der Waals surface area contributed by atoms with Crippen LogP contribution in [0.2, 0.25) is 0 Å². The molecule has 1 saturated carbocycles. The molecular formula is C7H10O. The first-order chi connectivity index (χ1) is 3.66. The Hall–Kier alpha value is -0.590. The van der Waals surface area contributed by atoms with Crippen LogP contribution in [0, 0.1) is 5.41 Å². The van der Waals surface area contributed by atoms with E-state index in [-0.39, 0.29) is 5.41 Å². The van der Waals surface area contributed by atoms with Gasteiger partial charge in [-0.15, -0.1) is 0 Å². The average molecular weight is 110 g/mol. The average Bonchev–Trinajstić information content (AvgIpc) is 1.63. The molecule has 0 radical (unpaired) electrons. The highest BCUT2D eigenvalue weighted by atomic mass is 16.1. The number of carbonyl (C=O) groups excluding carboxylic acids is 1. The Morgan fingerprint density at radius 3 is 2.38 bits per heavy atom. The van der Waals surface area contributed by atoms with Crippen molar-refractivity contribution in [3.8, 4) is 0 Å². The van der Waals surface area contributed by atoms with Gasteiger partial charge >= 0.3 is 0 Å². The van der Waals surface area contributed by atoms with E-state index in [1.165, 1.54) is 5.57 Å². The van der Waals surface area contributed by atoms with Gasteiger partial charge in [0.2, 0.25) is 0 Å². The summed E-state index contributed by atoms with van der Waals surface area (Å²) in [7, 11) is 0. The lowest BCUT2D eigenvalue weighted by atomic mass is 9.69. The maximum Gasteiger partial charge on any atom is 0.126 e. The Balaban J connectivity index is 2.52. The van der Waals surface area contributed by atoms with Gasteiger partial charge in [0.15, 0.2) is 0 Å². The zero-order chi connectivity index (χ0) is 6.20. The highest BCUT2D eigenvalue weighted by Gasteiger charge is 2.33. The second-order valence-electron chi connectivity index (χ2n) is 2.88. The molecule has 1 heteroatoms. The fourth-order valence-electron chi connectivity index (χ4n) is 1.17. The lowest BCUT2D eigenvalue weighted by Crippen LogP contribution is -2.28. The summed E-state index contributed by atoms with van der Waals surface area (Å²) in [6.45, 7) is 5.71. The molecule has 0 saturated heterocycles. The van der Waals surface area contributed by atoms with Gasteiger partial charge < -0.3 is 4.79 Å². The second kappa shape index (κ2) is 1.44. The van der Waals surface area contributed by atoms with Gasteiger partial charge in [-0.05, 0) is 12.8 Å². The van der Waals surface area contributed by atoms with Gasteiger partial charge in [-0.25, -0.2) is 0 Å². The molecule has 8 heavy (non-hydrogen) atoms. The molecule has 0 unspecified atom stereocenters. The van der Waals surface area contributed by atoms with Crippen LogP contribution in [0.5, 0.6) is 0 Å². The van der Waals surface area contributed by atoms with Crippen molar-refractivity contribution in [1.29, 1.82) is 0 Å². The second-order valence-corrected chi connectivity index (χ2v) is 2.88. The van der Waals surface area contributed by atoms with Crippen LogP contribution < -0.4 is 0 Å². The summed E-state index contributed by atoms with van der Waals surface area (Å²) in [5, 5.41) is 0. The summed E-state index contributed by atoms with van der Waals surface area (Å²) < 4.78 is 0. The summed E-state index contributed by atoms with van der Waals surface area (Å²) in [4.78, 5) is 10.2. The Labute approximate surface area is 49.4 Å². The predicted octanol–water partition coefficient (Wildman–Crippen LogP) is 1.54. The van der Waals surface area contributed by atoms with Crippen LogP contribution >= 0.6 is 0 Å². The van der Waals surface area contributed by atoms with Gasteiger partial charge in [0.05, 0.1) is 0 Å². The van der Waals surface area contributed by atoms with Crippen molar-refractivity contribution in [2.45, 2.75) is 19.8 Å². The molecular weight excluding hydrogens is 100 g/mol. The lowest BCUT2D eigenvalue weighted by molar-refractivity contribution is -0.117. The summed E-state index contributed by atoms with van der Waals surface area (Å²) in [5.41, 5.74) is 1.16. The van der Waals surface area contributed by atoms with E-state index in [9.17, 15) is 4.79 Å². The largest absolute Gasteiger partial charge is 0.303 e. The number of hydrogen-bond acceptors (Lipinski definition) is 1. The topological polar surface area (TPSA) is 17.1 Å². The molecule has 1 fully saturated rings. The van der Waals surface area contributed by atoms with Crippen molar-refractivity contribution >= 4 is 6.29 Å². The fraction of sp³-hybridized carbons (Fsp3) is 0.571.